The van der Waals surface area contributed by atoms with Crippen LogP contribution in [0, 0.1) is 12.7 Å². The van der Waals surface area contributed by atoms with Gasteiger partial charge in [0.2, 0.25) is 5.91 Å². The van der Waals surface area contributed by atoms with Gasteiger partial charge in [0.1, 0.15) is 17.2 Å². The smallest absolute Gasteiger partial charge is 0.328 e. The average Bonchev–Trinajstić information content (AvgIpc) is 3.59. The molecule has 4 saturated heterocycles. The van der Waals surface area contributed by atoms with Crippen molar-refractivity contribution in [2.75, 3.05) is 67.9 Å². The summed E-state index contributed by atoms with van der Waals surface area (Å²) in [5, 5.41) is 22.2. The molecule has 5 aromatic rings. The molecule has 4 aliphatic heterocycles. The molecule has 4 fully saturated rings. The number of nitrogens with zero attached hydrogens (tertiary/aromatic N) is 7. The number of carbonyl (C=O) groups excluding carboxylic acids is 3. The minimum absolute atomic E-state index is 0.00258. The second kappa shape index (κ2) is 16.4. The molecule has 0 saturated carbocycles. The normalized spacial score (nSPS) is 20.3. The number of anilines is 3. The van der Waals surface area contributed by atoms with E-state index in [1.807, 2.05) is 36.4 Å². The first-order valence-electron chi connectivity index (χ1n) is 21.3. The number of halogens is 2. The molecule has 9 rings (SSSR count). The van der Waals surface area contributed by atoms with Crippen LogP contribution in [-0.4, -0.2) is 106 Å². The van der Waals surface area contributed by atoms with E-state index in [0.29, 0.717) is 36.6 Å². The van der Waals surface area contributed by atoms with E-state index in [1.165, 1.54) is 6.07 Å². The summed E-state index contributed by atoms with van der Waals surface area (Å²) in [5.41, 5.74) is 10.3. The van der Waals surface area contributed by atoms with E-state index >= 15 is 8.78 Å². The first-order chi connectivity index (χ1) is 29.4. The highest BCUT2D eigenvalue weighted by Gasteiger charge is 2.39. The van der Waals surface area contributed by atoms with E-state index in [1.54, 1.807) is 34.1 Å². The summed E-state index contributed by atoms with van der Waals surface area (Å²) < 4.78 is 34.4. The van der Waals surface area contributed by atoms with Crippen LogP contribution in [0.1, 0.15) is 78.4 Å². The zero-order valence-electron chi connectivity index (χ0n) is 34.3. The van der Waals surface area contributed by atoms with Crippen molar-refractivity contribution in [1.82, 2.24) is 29.9 Å². The Bertz CT molecular complexity index is 2490. The van der Waals surface area contributed by atoms with Crippen LogP contribution < -0.4 is 20.9 Å². The number of nitrogen functional groups attached to an aromatic ring is 1. The molecule has 61 heavy (non-hydrogen) atoms. The Hall–Kier alpha value is -6.09. The Morgan fingerprint density at radius 2 is 1.74 bits per heavy atom. The highest BCUT2D eigenvalue weighted by molar-refractivity contribution is 6.06. The van der Waals surface area contributed by atoms with Crippen LogP contribution in [0.2, 0.25) is 0 Å². The number of imide groups is 1. The summed E-state index contributed by atoms with van der Waals surface area (Å²) in [6, 6.07) is 19.4. The molecule has 0 radical (unpaired) electrons. The molecule has 0 bridgehead atoms. The number of nitrogens with one attached hydrogen (secondary N) is 1. The van der Waals surface area contributed by atoms with Crippen molar-refractivity contribution >= 4 is 45.9 Å². The summed E-state index contributed by atoms with van der Waals surface area (Å²) in [5.74, 6) is -0.893. The third-order valence-electron chi connectivity index (χ3n) is 13.2. The predicted molar refractivity (Wildman–Crippen MR) is 230 cm³/mol. The lowest BCUT2D eigenvalue weighted by atomic mass is 9.89. The van der Waals surface area contributed by atoms with Gasteiger partial charge in [-0.1, -0.05) is 18.2 Å². The van der Waals surface area contributed by atoms with Gasteiger partial charge in [-0.05, 0) is 92.3 Å². The number of amides is 4. The van der Waals surface area contributed by atoms with Gasteiger partial charge in [0.25, 0.3) is 5.91 Å². The van der Waals surface area contributed by atoms with Gasteiger partial charge in [0.15, 0.2) is 5.82 Å². The summed E-state index contributed by atoms with van der Waals surface area (Å²) >= 11 is 0. The number of aryl methyl sites for hydroxylation is 1. The van der Waals surface area contributed by atoms with Crippen molar-refractivity contribution in [3.8, 4) is 17.0 Å². The van der Waals surface area contributed by atoms with Gasteiger partial charge in [-0.3, -0.25) is 19.8 Å². The monoisotopic (exact) mass is 831 g/mol. The number of rotatable bonds is 8. The molecule has 15 heteroatoms. The van der Waals surface area contributed by atoms with E-state index in [9.17, 15) is 19.5 Å². The largest absolute Gasteiger partial charge is 0.507 e. The molecule has 3 aromatic carbocycles. The van der Waals surface area contributed by atoms with Crippen LogP contribution in [0.25, 0.3) is 22.2 Å². The zero-order chi connectivity index (χ0) is 42.4. The molecule has 6 heterocycles. The molecule has 1 atom stereocenters. The summed E-state index contributed by atoms with van der Waals surface area (Å²) in [7, 11) is 0. The first-order valence-corrected chi connectivity index (χ1v) is 21.3. The third-order valence-corrected chi connectivity index (χ3v) is 13.2. The van der Waals surface area contributed by atoms with Crippen LogP contribution >= 0.6 is 0 Å². The standard InChI is InChI=1S/C46H51F2N9O4/c1-29-26-57(39-11-9-33(24-36(29)39)56-20-14-42(59)50-45(56)61)32-12-18-53(19-13-32)28-46(48)15-21-54(22-16-46)44(60)34-10-8-30(23-37(34)47)31-5-4-17-55(27-31)40-25-38(51-52-43(40)49)35-6-2-3-7-41(35)58/h2-3,6-11,23-26,31-32,58H,4-5,12-22,27-28H2,1H3,(H2,49,52)(H,50,59,61). The van der Waals surface area contributed by atoms with Gasteiger partial charge in [-0.2, -0.15) is 0 Å². The lowest BCUT2D eigenvalue weighted by Gasteiger charge is -2.41. The molecule has 4 aliphatic rings. The maximum atomic E-state index is 16.4. The number of likely N-dealkylation sites (tertiary alicyclic amines) is 2. The van der Waals surface area contributed by atoms with E-state index in [-0.39, 0.29) is 67.3 Å². The van der Waals surface area contributed by atoms with Gasteiger partial charge in [-0.25, -0.2) is 13.6 Å². The van der Waals surface area contributed by atoms with Crippen LogP contribution in [-0.2, 0) is 4.79 Å². The Labute approximate surface area is 353 Å². The number of urea groups is 1. The fraction of sp³-hybridized carbons (Fsp3) is 0.413. The maximum absolute atomic E-state index is 16.4. The van der Waals surface area contributed by atoms with Crippen LogP contribution in [0.3, 0.4) is 0 Å². The molecule has 0 spiro atoms. The van der Waals surface area contributed by atoms with Crippen LogP contribution in [0.5, 0.6) is 5.75 Å². The highest BCUT2D eigenvalue weighted by Crippen LogP contribution is 2.38. The number of nitrogens with two attached hydrogens (primary N) is 1. The number of hydrogen-bond donors (Lipinski definition) is 3. The molecule has 4 N–H and O–H groups in total. The number of carbonyl (C=O) groups is 3. The highest BCUT2D eigenvalue weighted by atomic mass is 19.1. The van der Waals surface area contributed by atoms with Gasteiger partial charge >= 0.3 is 6.03 Å². The number of phenols is 1. The SMILES string of the molecule is Cc1cn(C2CCN(CC3(F)CCN(C(=O)c4ccc(C5CCCN(c6cc(-c7ccccc7O)nnc6N)C5)cc4F)CC3)CC2)c2ccc(N3CCC(=O)NC3=O)cc12. The predicted octanol–water partition coefficient (Wildman–Crippen LogP) is 6.95. The molecule has 318 valence electrons. The third kappa shape index (κ3) is 8.10. The molecule has 4 amide bonds. The number of fused-ring (bicyclic) bond motifs is 1. The number of phenolic OH excluding ortho intramolecular Hbond substituents is 1. The van der Waals surface area contributed by atoms with Gasteiger partial charge in [-0.15, -0.1) is 10.2 Å². The minimum atomic E-state index is -1.44. The molecule has 2 aromatic heterocycles. The van der Waals surface area contributed by atoms with E-state index in [4.69, 9.17) is 5.73 Å². The van der Waals surface area contributed by atoms with Crippen LogP contribution in [0.15, 0.2) is 72.9 Å². The quantitative estimate of drug-likeness (QED) is 0.151. The maximum Gasteiger partial charge on any atom is 0.328 e. The molecule has 13 nitrogen and oxygen atoms in total. The average molecular weight is 832 g/mol. The second-order valence-electron chi connectivity index (χ2n) is 17.2. The van der Waals surface area contributed by atoms with Crippen molar-refractivity contribution in [3.63, 3.8) is 0 Å². The lowest BCUT2D eigenvalue weighted by Crippen LogP contribution is -2.51. The summed E-state index contributed by atoms with van der Waals surface area (Å²) in [6.07, 6.45) is 6.24. The van der Waals surface area contributed by atoms with Gasteiger partial charge < -0.3 is 30.1 Å². The Morgan fingerprint density at radius 3 is 2.49 bits per heavy atom. The Kier molecular flexibility index (Phi) is 10.8. The number of aromatic nitrogens is 3. The van der Waals surface area contributed by atoms with Gasteiger partial charge in [0.05, 0.1) is 16.9 Å². The number of para-hydroxylation sites is 1. The Morgan fingerprint density at radius 1 is 0.951 bits per heavy atom. The van der Waals surface area contributed by atoms with Crippen molar-refractivity contribution in [2.24, 2.45) is 0 Å². The number of hydrogen-bond acceptors (Lipinski definition) is 9. The van der Waals surface area contributed by atoms with Crippen molar-refractivity contribution in [1.29, 1.82) is 0 Å². The number of piperidine rings is 3. The molecular formula is C46H51F2N9O4. The van der Waals surface area contributed by atoms with Crippen molar-refractivity contribution in [3.05, 3.63) is 95.4 Å². The topological polar surface area (TPSA) is 153 Å². The van der Waals surface area contributed by atoms with Crippen molar-refractivity contribution < 1.29 is 28.3 Å². The fourth-order valence-electron chi connectivity index (χ4n) is 9.78. The lowest BCUT2D eigenvalue weighted by molar-refractivity contribution is -0.120. The van der Waals surface area contributed by atoms with Crippen LogP contribution in [0.4, 0.5) is 30.8 Å². The Balaban J connectivity index is 0.781. The van der Waals surface area contributed by atoms with Crippen molar-refractivity contribution in [2.45, 2.75) is 69.5 Å². The van der Waals surface area contributed by atoms with E-state index < -0.39 is 23.4 Å². The van der Waals surface area contributed by atoms with E-state index in [0.717, 1.165) is 73.0 Å². The minimum Gasteiger partial charge on any atom is -0.507 e. The number of benzene rings is 3. The van der Waals surface area contributed by atoms with E-state index in [2.05, 4.69) is 43.0 Å². The fourth-order valence-corrected chi connectivity index (χ4v) is 9.78. The zero-order valence-corrected chi connectivity index (χ0v) is 34.3. The van der Waals surface area contributed by atoms with Gasteiger partial charge in [0, 0.05) is 112 Å². The first kappa shape index (κ1) is 40.3. The number of aromatic hydroxyl groups is 1. The summed E-state index contributed by atoms with van der Waals surface area (Å²) in [4.78, 5) is 45.2. The molecular weight excluding hydrogens is 781 g/mol. The second-order valence-corrected chi connectivity index (χ2v) is 17.2. The molecule has 0 aliphatic carbocycles. The summed E-state index contributed by atoms with van der Waals surface area (Å²) in [6.45, 7) is 5.96. The molecule has 1 unspecified atom stereocenters. The number of alkyl halides is 1.